The van der Waals surface area contributed by atoms with Crippen LogP contribution in [0.25, 0.3) is 0 Å². The number of nitrogens with zero attached hydrogens (tertiary/aromatic N) is 2. The molecule has 120 valence electrons. The number of urea groups is 1. The van der Waals surface area contributed by atoms with E-state index in [1.54, 1.807) is 12.1 Å². The number of aromatic nitrogens is 2. The van der Waals surface area contributed by atoms with Gasteiger partial charge in [-0.3, -0.25) is 15.4 Å². The zero-order valence-corrected chi connectivity index (χ0v) is 11.9. The summed E-state index contributed by atoms with van der Waals surface area (Å²) in [5.41, 5.74) is -1.13. The van der Waals surface area contributed by atoms with E-state index in [2.05, 4.69) is 15.3 Å². The van der Waals surface area contributed by atoms with Gasteiger partial charge < -0.3 is 0 Å². The summed E-state index contributed by atoms with van der Waals surface area (Å²) in [6, 6.07) is 5.05. The summed E-state index contributed by atoms with van der Waals surface area (Å²) in [5, 5.41) is 4.20. The molecule has 0 aliphatic heterocycles. The average Bonchev–Trinajstić information content (AvgIpc) is 2.47. The van der Waals surface area contributed by atoms with E-state index in [-0.39, 0.29) is 16.4 Å². The van der Waals surface area contributed by atoms with Gasteiger partial charge >= 0.3 is 12.2 Å². The minimum Gasteiger partial charge on any atom is -0.291 e. The van der Waals surface area contributed by atoms with E-state index in [1.165, 1.54) is 12.1 Å². The number of alkyl halides is 3. The van der Waals surface area contributed by atoms with Crippen LogP contribution in [0.3, 0.4) is 0 Å². The van der Waals surface area contributed by atoms with Crippen LogP contribution in [-0.2, 0) is 6.18 Å². The van der Waals surface area contributed by atoms with E-state index in [9.17, 15) is 22.8 Å². The number of nitrogens with one attached hydrogen (secondary N) is 2. The highest BCUT2D eigenvalue weighted by atomic mass is 35.5. The lowest BCUT2D eigenvalue weighted by atomic mass is 10.2. The van der Waals surface area contributed by atoms with Gasteiger partial charge in [-0.2, -0.15) is 13.2 Å². The predicted molar refractivity (Wildman–Crippen MR) is 75.0 cm³/mol. The van der Waals surface area contributed by atoms with Gasteiger partial charge in [-0.25, -0.2) is 14.8 Å². The van der Waals surface area contributed by atoms with Crippen molar-refractivity contribution in [2.24, 2.45) is 0 Å². The summed E-state index contributed by atoms with van der Waals surface area (Å²) in [6.07, 6.45) is -3.44. The van der Waals surface area contributed by atoms with Gasteiger partial charge in [-0.1, -0.05) is 23.7 Å². The Balaban J connectivity index is 2.00. The van der Waals surface area contributed by atoms with Crippen LogP contribution < -0.4 is 10.6 Å². The fraction of sp³-hybridized carbons (Fsp3) is 0.0769. The molecule has 23 heavy (non-hydrogen) atoms. The Kier molecular flexibility index (Phi) is 4.80. The molecule has 1 aromatic heterocycles. The molecule has 0 bridgehead atoms. The van der Waals surface area contributed by atoms with E-state index in [4.69, 9.17) is 11.6 Å². The number of imide groups is 1. The Morgan fingerprint density at radius 1 is 1.09 bits per heavy atom. The fourth-order valence-corrected chi connectivity index (χ4v) is 1.72. The number of anilines is 1. The first kappa shape index (κ1) is 16.7. The highest BCUT2D eigenvalue weighted by molar-refractivity contribution is 6.34. The highest BCUT2D eigenvalue weighted by Gasteiger charge is 2.32. The number of hydrogen-bond acceptors (Lipinski definition) is 4. The van der Waals surface area contributed by atoms with Gasteiger partial charge in [0.2, 0.25) is 0 Å². The number of carbonyl (C=O) groups is 2. The van der Waals surface area contributed by atoms with Gasteiger partial charge in [0.05, 0.1) is 23.0 Å². The van der Waals surface area contributed by atoms with E-state index in [1.807, 2.05) is 5.32 Å². The van der Waals surface area contributed by atoms with Gasteiger partial charge in [0.15, 0.2) is 11.5 Å². The zero-order chi connectivity index (χ0) is 17.0. The summed E-state index contributed by atoms with van der Waals surface area (Å²) in [6.45, 7) is 0. The van der Waals surface area contributed by atoms with E-state index >= 15 is 0 Å². The Bertz CT molecular complexity index is 735. The monoisotopic (exact) mass is 344 g/mol. The number of rotatable bonds is 2. The van der Waals surface area contributed by atoms with Crippen molar-refractivity contribution >= 4 is 29.4 Å². The number of halogens is 4. The van der Waals surface area contributed by atoms with Crippen molar-refractivity contribution in [2.45, 2.75) is 6.18 Å². The molecule has 2 rings (SSSR count). The second-order valence-corrected chi connectivity index (χ2v) is 4.58. The van der Waals surface area contributed by atoms with Crippen LogP contribution in [0, 0.1) is 0 Å². The molecule has 10 heteroatoms. The molecule has 2 N–H and O–H groups in total. The molecule has 1 heterocycles. The summed E-state index contributed by atoms with van der Waals surface area (Å²) < 4.78 is 37.0. The SMILES string of the molecule is O=C(NC(=O)c1ccccc1Cl)Nc1cnc(C(F)(F)F)cn1. The third-order valence-corrected chi connectivity index (χ3v) is 2.86. The number of carbonyl (C=O) groups excluding carboxylic acids is 2. The fourth-order valence-electron chi connectivity index (χ4n) is 1.50. The van der Waals surface area contributed by atoms with Gasteiger partial charge in [0, 0.05) is 0 Å². The molecule has 0 unspecified atom stereocenters. The molecule has 0 atom stereocenters. The molecule has 6 nitrogen and oxygen atoms in total. The first-order valence-electron chi connectivity index (χ1n) is 6.03. The molecule has 0 aliphatic rings. The Labute approximate surface area is 132 Å². The molecule has 0 saturated carbocycles. The van der Waals surface area contributed by atoms with Crippen LogP contribution in [0.2, 0.25) is 5.02 Å². The minimum atomic E-state index is -4.63. The number of benzene rings is 1. The standard InChI is InChI=1S/C13H8ClF3N4O2/c14-8-4-2-1-3-7(8)11(22)21-12(23)20-10-6-18-9(5-19-10)13(15,16)17/h1-6H,(H2,19,20,21,22,23). The van der Waals surface area contributed by atoms with Crippen molar-refractivity contribution in [1.29, 1.82) is 0 Å². The highest BCUT2D eigenvalue weighted by Crippen LogP contribution is 2.26. The Morgan fingerprint density at radius 3 is 2.35 bits per heavy atom. The first-order chi connectivity index (χ1) is 10.8. The van der Waals surface area contributed by atoms with Crippen LogP contribution >= 0.6 is 11.6 Å². The quantitative estimate of drug-likeness (QED) is 0.876. The van der Waals surface area contributed by atoms with Crippen molar-refractivity contribution in [3.63, 3.8) is 0 Å². The van der Waals surface area contributed by atoms with E-state index in [0.29, 0.717) is 6.20 Å². The molecular weight excluding hydrogens is 337 g/mol. The summed E-state index contributed by atoms with van der Waals surface area (Å²) in [7, 11) is 0. The first-order valence-corrected chi connectivity index (χ1v) is 6.41. The number of amides is 3. The summed E-state index contributed by atoms with van der Waals surface area (Å²) in [5.74, 6) is -1.02. The van der Waals surface area contributed by atoms with Crippen LogP contribution in [0.15, 0.2) is 36.7 Å². The Morgan fingerprint density at radius 2 is 1.78 bits per heavy atom. The maximum atomic E-state index is 12.3. The molecule has 0 spiro atoms. The second-order valence-electron chi connectivity index (χ2n) is 4.17. The third-order valence-electron chi connectivity index (χ3n) is 2.53. The summed E-state index contributed by atoms with van der Waals surface area (Å²) >= 11 is 5.80. The van der Waals surface area contributed by atoms with Gasteiger partial charge in [0.1, 0.15) is 0 Å². The normalized spacial score (nSPS) is 11.0. The molecule has 0 radical (unpaired) electrons. The number of hydrogen-bond donors (Lipinski definition) is 2. The maximum Gasteiger partial charge on any atom is 0.434 e. The van der Waals surface area contributed by atoms with Crippen molar-refractivity contribution in [3.05, 3.63) is 52.9 Å². The van der Waals surface area contributed by atoms with Crippen molar-refractivity contribution < 1.29 is 22.8 Å². The van der Waals surface area contributed by atoms with Gasteiger partial charge in [0.25, 0.3) is 5.91 Å². The lowest BCUT2D eigenvalue weighted by Crippen LogP contribution is -2.34. The molecule has 1 aromatic carbocycles. The zero-order valence-electron chi connectivity index (χ0n) is 11.2. The maximum absolute atomic E-state index is 12.3. The minimum absolute atomic E-state index is 0.0721. The van der Waals surface area contributed by atoms with E-state index in [0.717, 1.165) is 6.20 Å². The Hall–Kier alpha value is -2.68. The topological polar surface area (TPSA) is 84.0 Å². The van der Waals surface area contributed by atoms with E-state index < -0.39 is 23.8 Å². The molecular formula is C13H8ClF3N4O2. The average molecular weight is 345 g/mol. The van der Waals surface area contributed by atoms with Crippen LogP contribution in [0.5, 0.6) is 0 Å². The molecule has 0 fully saturated rings. The van der Waals surface area contributed by atoms with Crippen molar-refractivity contribution in [2.75, 3.05) is 5.32 Å². The smallest absolute Gasteiger partial charge is 0.291 e. The summed E-state index contributed by atoms with van der Waals surface area (Å²) in [4.78, 5) is 29.9. The largest absolute Gasteiger partial charge is 0.434 e. The van der Waals surface area contributed by atoms with Crippen LogP contribution in [0.1, 0.15) is 16.1 Å². The second kappa shape index (κ2) is 6.61. The van der Waals surface area contributed by atoms with Crippen molar-refractivity contribution in [1.82, 2.24) is 15.3 Å². The lowest BCUT2D eigenvalue weighted by Gasteiger charge is -2.08. The molecule has 0 saturated heterocycles. The molecule has 3 amide bonds. The lowest BCUT2D eigenvalue weighted by molar-refractivity contribution is -0.141. The third kappa shape index (κ3) is 4.39. The van der Waals surface area contributed by atoms with Crippen molar-refractivity contribution in [3.8, 4) is 0 Å². The molecule has 2 aromatic rings. The van der Waals surface area contributed by atoms with Gasteiger partial charge in [-0.15, -0.1) is 0 Å². The van der Waals surface area contributed by atoms with Crippen LogP contribution in [0.4, 0.5) is 23.8 Å². The van der Waals surface area contributed by atoms with Gasteiger partial charge in [-0.05, 0) is 12.1 Å². The van der Waals surface area contributed by atoms with Crippen LogP contribution in [-0.4, -0.2) is 21.9 Å². The predicted octanol–water partition coefficient (Wildman–Crippen LogP) is 3.11. The molecule has 0 aliphatic carbocycles.